The molecule has 0 spiro atoms. The maximum absolute atomic E-state index is 12.4. The molecule has 0 unspecified atom stereocenters. The van der Waals surface area contributed by atoms with E-state index < -0.39 is 5.41 Å². The number of carbonyl (C=O) groups excluding carboxylic acids is 2. The number of amides is 2. The van der Waals surface area contributed by atoms with Crippen LogP contribution in [0.2, 0.25) is 0 Å². The maximum atomic E-state index is 12.4. The molecule has 2 amide bonds. The smallest absolute Gasteiger partial charge is 0.239 e. The van der Waals surface area contributed by atoms with Crippen molar-refractivity contribution in [3.63, 3.8) is 0 Å². The number of rotatable bonds is 5. The van der Waals surface area contributed by atoms with Gasteiger partial charge in [-0.1, -0.05) is 18.2 Å². The molecular weight excluding hydrogens is 290 g/mol. The Morgan fingerprint density at radius 1 is 1.09 bits per heavy atom. The van der Waals surface area contributed by atoms with Gasteiger partial charge in [-0.2, -0.15) is 0 Å². The maximum Gasteiger partial charge on any atom is 0.239 e. The van der Waals surface area contributed by atoms with E-state index in [4.69, 9.17) is 0 Å². The molecule has 0 bridgehead atoms. The van der Waals surface area contributed by atoms with E-state index >= 15 is 0 Å². The van der Waals surface area contributed by atoms with Crippen molar-refractivity contribution in [3.8, 4) is 0 Å². The average molecular weight is 311 g/mol. The SMILES string of the molecule is Cc1cccc(NC(=O)C(C)(C)C(=O)NCc2ccccn2)c1. The first-order valence-corrected chi connectivity index (χ1v) is 7.46. The van der Waals surface area contributed by atoms with Crippen molar-refractivity contribution in [2.45, 2.75) is 27.3 Å². The highest BCUT2D eigenvalue weighted by molar-refractivity contribution is 6.09. The number of pyridine rings is 1. The van der Waals surface area contributed by atoms with Gasteiger partial charge in [0.05, 0.1) is 12.2 Å². The third-order valence-corrected chi connectivity index (χ3v) is 3.57. The summed E-state index contributed by atoms with van der Waals surface area (Å²) in [6, 6.07) is 12.9. The zero-order valence-electron chi connectivity index (χ0n) is 13.6. The van der Waals surface area contributed by atoms with Crippen LogP contribution in [0.4, 0.5) is 5.69 Å². The molecule has 0 saturated heterocycles. The molecule has 0 saturated carbocycles. The Kier molecular flexibility index (Phi) is 5.11. The number of anilines is 1. The third kappa shape index (κ3) is 4.39. The van der Waals surface area contributed by atoms with Crippen LogP contribution in [0, 0.1) is 12.3 Å². The number of nitrogens with one attached hydrogen (secondary N) is 2. The lowest BCUT2D eigenvalue weighted by molar-refractivity contribution is -0.138. The van der Waals surface area contributed by atoms with Crippen LogP contribution >= 0.6 is 0 Å². The summed E-state index contributed by atoms with van der Waals surface area (Å²) in [6.07, 6.45) is 1.66. The lowest BCUT2D eigenvalue weighted by Crippen LogP contribution is -2.45. The molecule has 2 rings (SSSR count). The van der Waals surface area contributed by atoms with E-state index in [1.165, 1.54) is 0 Å². The van der Waals surface area contributed by atoms with Crippen LogP contribution in [0.15, 0.2) is 48.7 Å². The summed E-state index contributed by atoms with van der Waals surface area (Å²) < 4.78 is 0. The summed E-state index contributed by atoms with van der Waals surface area (Å²) >= 11 is 0. The summed E-state index contributed by atoms with van der Waals surface area (Å²) in [5.41, 5.74) is 1.29. The number of hydrogen-bond donors (Lipinski definition) is 2. The van der Waals surface area contributed by atoms with E-state index in [2.05, 4.69) is 15.6 Å². The van der Waals surface area contributed by atoms with Gasteiger partial charge in [-0.25, -0.2) is 0 Å². The Morgan fingerprint density at radius 3 is 2.52 bits per heavy atom. The van der Waals surface area contributed by atoms with Crippen molar-refractivity contribution < 1.29 is 9.59 Å². The molecule has 0 radical (unpaired) electrons. The first-order valence-electron chi connectivity index (χ1n) is 7.46. The zero-order chi connectivity index (χ0) is 16.9. The summed E-state index contributed by atoms with van der Waals surface area (Å²) in [5, 5.41) is 5.54. The lowest BCUT2D eigenvalue weighted by Gasteiger charge is -2.22. The second-order valence-electron chi connectivity index (χ2n) is 5.95. The van der Waals surface area contributed by atoms with Crippen LogP contribution in [-0.4, -0.2) is 16.8 Å². The van der Waals surface area contributed by atoms with Gasteiger partial charge in [0.25, 0.3) is 0 Å². The minimum Gasteiger partial charge on any atom is -0.350 e. The Morgan fingerprint density at radius 2 is 1.87 bits per heavy atom. The third-order valence-electron chi connectivity index (χ3n) is 3.57. The first kappa shape index (κ1) is 16.7. The normalized spacial score (nSPS) is 10.9. The fourth-order valence-corrected chi connectivity index (χ4v) is 2.01. The topological polar surface area (TPSA) is 71.1 Å². The second kappa shape index (κ2) is 7.05. The Balaban J connectivity index is 1.98. The molecule has 0 fully saturated rings. The fraction of sp³-hybridized carbons (Fsp3) is 0.278. The van der Waals surface area contributed by atoms with E-state index in [1.54, 1.807) is 26.1 Å². The molecule has 0 aliphatic heterocycles. The Labute approximate surface area is 136 Å². The Hall–Kier alpha value is -2.69. The van der Waals surface area contributed by atoms with Crippen LogP contribution in [0.1, 0.15) is 25.1 Å². The van der Waals surface area contributed by atoms with Gasteiger partial charge in [0.1, 0.15) is 5.41 Å². The van der Waals surface area contributed by atoms with Gasteiger partial charge < -0.3 is 10.6 Å². The van der Waals surface area contributed by atoms with E-state index in [0.29, 0.717) is 12.2 Å². The molecule has 5 nitrogen and oxygen atoms in total. The lowest BCUT2D eigenvalue weighted by atomic mass is 9.91. The van der Waals surface area contributed by atoms with E-state index in [0.717, 1.165) is 11.3 Å². The average Bonchev–Trinajstić information content (AvgIpc) is 2.53. The summed E-state index contributed by atoms with van der Waals surface area (Å²) in [7, 11) is 0. The van der Waals surface area contributed by atoms with E-state index in [1.807, 2.05) is 43.3 Å². The number of nitrogens with zero attached hydrogens (tertiary/aromatic N) is 1. The summed E-state index contributed by atoms with van der Waals surface area (Å²) in [6.45, 7) is 5.44. The van der Waals surface area contributed by atoms with E-state index in [9.17, 15) is 9.59 Å². The predicted octanol–water partition coefficient (Wildman–Crippen LogP) is 2.67. The second-order valence-corrected chi connectivity index (χ2v) is 5.95. The molecule has 2 N–H and O–H groups in total. The predicted molar refractivity (Wildman–Crippen MR) is 89.7 cm³/mol. The van der Waals surface area contributed by atoms with E-state index in [-0.39, 0.29) is 11.8 Å². The number of aromatic nitrogens is 1. The highest BCUT2D eigenvalue weighted by atomic mass is 16.2. The number of carbonyl (C=O) groups is 2. The van der Waals surface area contributed by atoms with Gasteiger partial charge in [0, 0.05) is 11.9 Å². The van der Waals surface area contributed by atoms with Crippen LogP contribution in [0.3, 0.4) is 0 Å². The van der Waals surface area contributed by atoms with Gasteiger partial charge in [-0.05, 0) is 50.6 Å². The first-order chi connectivity index (χ1) is 10.9. The minimum absolute atomic E-state index is 0.292. The van der Waals surface area contributed by atoms with Gasteiger partial charge in [0.15, 0.2) is 0 Å². The minimum atomic E-state index is -1.18. The molecule has 0 aliphatic carbocycles. The van der Waals surface area contributed by atoms with Gasteiger partial charge in [0.2, 0.25) is 11.8 Å². The summed E-state index contributed by atoms with van der Waals surface area (Å²) in [5.74, 6) is -0.685. The standard InChI is InChI=1S/C18H21N3O2/c1-13-7-6-9-14(11-13)21-17(23)18(2,3)16(22)20-12-15-8-4-5-10-19-15/h4-11H,12H2,1-3H3,(H,20,22)(H,21,23). The van der Waals surface area contributed by atoms with Gasteiger partial charge in [-0.15, -0.1) is 0 Å². The van der Waals surface area contributed by atoms with Gasteiger partial charge in [-0.3, -0.25) is 14.6 Å². The molecule has 120 valence electrons. The molecule has 2 aromatic rings. The fourth-order valence-electron chi connectivity index (χ4n) is 2.01. The van der Waals surface area contributed by atoms with Gasteiger partial charge >= 0.3 is 0 Å². The van der Waals surface area contributed by atoms with Crippen LogP contribution in [0.25, 0.3) is 0 Å². The van der Waals surface area contributed by atoms with Crippen molar-refractivity contribution in [2.75, 3.05) is 5.32 Å². The Bertz CT molecular complexity index is 696. The highest BCUT2D eigenvalue weighted by Crippen LogP contribution is 2.19. The molecular formula is C18H21N3O2. The number of benzene rings is 1. The summed E-state index contributed by atoms with van der Waals surface area (Å²) in [4.78, 5) is 28.9. The zero-order valence-corrected chi connectivity index (χ0v) is 13.6. The van der Waals surface area contributed by atoms with Crippen molar-refractivity contribution in [1.29, 1.82) is 0 Å². The molecule has 1 heterocycles. The van der Waals surface area contributed by atoms with Crippen molar-refractivity contribution in [3.05, 3.63) is 59.9 Å². The molecule has 1 aromatic carbocycles. The molecule has 0 atom stereocenters. The highest BCUT2D eigenvalue weighted by Gasteiger charge is 2.35. The largest absolute Gasteiger partial charge is 0.350 e. The monoisotopic (exact) mass is 311 g/mol. The molecule has 23 heavy (non-hydrogen) atoms. The van der Waals surface area contributed by atoms with Crippen LogP contribution in [-0.2, 0) is 16.1 Å². The van der Waals surface area contributed by atoms with Crippen LogP contribution < -0.4 is 10.6 Å². The van der Waals surface area contributed by atoms with Crippen molar-refractivity contribution in [1.82, 2.24) is 10.3 Å². The van der Waals surface area contributed by atoms with Crippen molar-refractivity contribution in [2.24, 2.45) is 5.41 Å². The number of hydrogen-bond acceptors (Lipinski definition) is 3. The quantitative estimate of drug-likeness (QED) is 0.834. The van der Waals surface area contributed by atoms with Crippen molar-refractivity contribution >= 4 is 17.5 Å². The molecule has 1 aromatic heterocycles. The number of aryl methyl sites for hydroxylation is 1. The molecule has 5 heteroatoms. The van der Waals surface area contributed by atoms with Crippen LogP contribution in [0.5, 0.6) is 0 Å². The molecule has 0 aliphatic rings.